The topological polar surface area (TPSA) is 15.3 Å². The van der Waals surface area contributed by atoms with Crippen LogP contribution in [-0.2, 0) is 0 Å². The number of nitrogens with zero attached hydrogens (tertiary/aromatic N) is 1. The molecule has 2 atom stereocenters. The minimum absolute atomic E-state index is 0.758. The summed E-state index contributed by atoms with van der Waals surface area (Å²) >= 11 is 0. The molecule has 2 unspecified atom stereocenters. The minimum Gasteiger partial charge on any atom is -0.316 e. The third-order valence-electron chi connectivity index (χ3n) is 4.17. The highest BCUT2D eigenvalue weighted by Gasteiger charge is 2.17. The first-order valence-electron chi connectivity index (χ1n) is 7.65. The largest absolute Gasteiger partial charge is 0.316 e. The smallest absolute Gasteiger partial charge is 0.00640 e. The second kappa shape index (κ2) is 8.93. The highest BCUT2D eigenvalue weighted by molar-refractivity contribution is 4.74. The molecule has 0 bridgehead atoms. The molecular formula is C15H32N2. The van der Waals surface area contributed by atoms with Gasteiger partial charge in [0.2, 0.25) is 0 Å². The van der Waals surface area contributed by atoms with Crippen LogP contribution in [0, 0.1) is 5.92 Å². The number of rotatable bonds is 8. The molecular weight excluding hydrogens is 208 g/mol. The van der Waals surface area contributed by atoms with E-state index in [1.54, 1.807) is 0 Å². The van der Waals surface area contributed by atoms with Crippen LogP contribution in [-0.4, -0.2) is 37.6 Å². The maximum absolute atomic E-state index is 3.51. The van der Waals surface area contributed by atoms with E-state index < -0.39 is 0 Å². The predicted octanol–water partition coefficient (Wildman–Crippen LogP) is 3.28. The Bertz CT molecular complexity index is 176. The van der Waals surface area contributed by atoms with Crippen molar-refractivity contribution in [2.24, 2.45) is 5.92 Å². The van der Waals surface area contributed by atoms with E-state index in [1.807, 2.05) is 0 Å². The quantitative estimate of drug-likeness (QED) is 0.655. The van der Waals surface area contributed by atoms with E-state index in [4.69, 9.17) is 0 Å². The van der Waals surface area contributed by atoms with Gasteiger partial charge in [-0.05, 0) is 52.2 Å². The number of nitrogens with one attached hydrogen (secondary N) is 1. The Morgan fingerprint density at radius 1 is 1.29 bits per heavy atom. The van der Waals surface area contributed by atoms with Gasteiger partial charge in [-0.15, -0.1) is 0 Å². The van der Waals surface area contributed by atoms with Crippen molar-refractivity contribution in [3.05, 3.63) is 0 Å². The minimum atomic E-state index is 0.758. The number of hydrogen-bond acceptors (Lipinski definition) is 2. The van der Waals surface area contributed by atoms with Crippen LogP contribution in [0.5, 0.6) is 0 Å². The average molecular weight is 240 g/mol. The summed E-state index contributed by atoms with van der Waals surface area (Å²) in [5.74, 6) is 0.881. The second-order valence-electron chi connectivity index (χ2n) is 5.85. The summed E-state index contributed by atoms with van der Waals surface area (Å²) < 4.78 is 0. The number of unbranched alkanes of at least 4 members (excludes halogenated alkanes) is 3. The van der Waals surface area contributed by atoms with Crippen LogP contribution in [0.1, 0.15) is 58.8 Å². The number of hydrogen-bond donors (Lipinski definition) is 1. The monoisotopic (exact) mass is 240 g/mol. The molecule has 0 amide bonds. The van der Waals surface area contributed by atoms with Gasteiger partial charge in [-0.25, -0.2) is 0 Å². The predicted molar refractivity (Wildman–Crippen MR) is 76.4 cm³/mol. The fourth-order valence-electron chi connectivity index (χ4n) is 2.75. The molecule has 1 N–H and O–H groups in total. The molecule has 1 rings (SSSR count). The van der Waals surface area contributed by atoms with E-state index in [1.165, 1.54) is 64.6 Å². The highest BCUT2D eigenvalue weighted by Crippen LogP contribution is 2.15. The van der Waals surface area contributed by atoms with Gasteiger partial charge in [-0.2, -0.15) is 0 Å². The molecule has 102 valence electrons. The maximum atomic E-state index is 3.51. The lowest BCUT2D eigenvalue weighted by Gasteiger charge is -2.31. The molecule has 0 saturated carbocycles. The van der Waals surface area contributed by atoms with E-state index in [0.29, 0.717) is 0 Å². The van der Waals surface area contributed by atoms with Crippen molar-refractivity contribution in [3.8, 4) is 0 Å². The molecule has 0 aromatic rings. The van der Waals surface area contributed by atoms with Gasteiger partial charge in [0.15, 0.2) is 0 Å². The molecule has 2 nitrogen and oxygen atoms in total. The molecule has 1 aliphatic heterocycles. The molecule has 0 aromatic carbocycles. The fraction of sp³-hybridized carbons (Fsp3) is 1.00. The van der Waals surface area contributed by atoms with Gasteiger partial charge in [0.25, 0.3) is 0 Å². The second-order valence-corrected chi connectivity index (χ2v) is 5.85. The molecule has 1 aliphatic rings. The van der Waals surface area contributed by atoms with Crippen molar-refractivity contribution in [1.29, 1.82) is 0 Å². The maximum Gasteiger partial charge on any atom is 0.00640 e. The van der Waals surface area contributed by atoms with Gasteiger partial charge in [0.05, 0.1) is 0 Å². The lowest BCUT2D eigenvalue weighted by molar-refractivity contribution is 0.188. The first-order chi connectivity index (χ1) is 8.24. The summed E-state index contributed by atoms with van der Waals surface area (Å²) in [6.45, 7) is 8.41. The average Bonchev–Trinajstić information content (AvgIpc) is 2.35. The molecule has 0 spiro atoms. The third-order valence-corrected chi connectivity index (χ3v) is 4.17. The molecule has 1 saturated heterocycles. The fourth-order valence-corrected chi connectivity index (χ4v) is 2.75. The Kier molecular flexibility index (Phi) is 7.87. The van der Waals surface area contributed by atoms with Crippen LogP contribution in [0.4, 0.5) is 0 Å². The zero-order chi connectivity index (χ0) is 12.5. The summed E-state index contributed by atoms with van der Waals surface area (Å²) in [5.41, 5.74) is 0. The van der Waals surface area contributed by atoms with Crippen molar-refractivity contribution in [3.63, 3.8) is 0 Å². The van der Waals surface area contributed by atoms with Gasteiger partial charge < -0.3 is 10.2 Å². The van der Waals surface area contributed by atoms with Crippen molar-refractivity contribution in [2.75, 3.05) is 26.7 Å². The van der Waals surface area contributed by atoms with Gasteiger partial charge in [-0.3, -0.25) is 0 Å². The normalized spacial score (nSPS) is 22.9. The van der Waals surface area contributed by atoms with E-state index in [0.717, 1.165) is 12.0 Å². The lowest BCUT2D eigenvalue weighted by Crippen LogP contribution is -2.40. The Labute approximate surface area is 108 Å². The van der Waals surface area contributed by atoms with Crippen molar-refractivity contribution >= 4 is 0 Å². The zero-order valence-corrected chi connectivity index (χ0v) is 12.2. The van der Waals surface area contributed by atoms with Crippen molar-refractivity contribution in [1.82, 2.24) is 10.2 Å². The molecule has 0 aliphatic carbocycles. The first-order valence-corrected chi connectivity index (χ1v) is 7.65. The van der Waals surface area contributed by atoms with Crippen LogP contribution in [0.2, 0.25) is 0 Å². The summed E-state index contributed by atoms with van der Waals surface area (Å²) in [5, 5.41) is 3.51. The van der Waals surface area contributed by atoms with Crippen molar-refractivity contribution < 1.29 is 0 Å². The zero-order valence-electron chi connectivity index (χ0n) is 12.2. The third kappa shape index (κ3) is 6.42. The molecule has 17 heavy (non-hydrogen) atoms. The van der Waals surface area contributed by atoms with Gasteiger partial charge >= 0.3 is 0 Å². The summed E-state index contributed by atoms with van der Waals surface area (Å²) in [6, 6.07) is 0.758. The highest BCUT2D eigenvalue weighted by atomic mass is 15.1. The molecule has 0 aromatic heterocycles. The van der Waals surface area contributed by atoms with E-state index in [-0.39, 0.29) is 0 Å². The van der Waals surface area contributed by atoms with Gasteiger partial charge in [-0.1, -0.05) is 32.6 Å². The summed E-state index contributed by atoms with van der Waals surface area (Å²) in [4.78, 5) is 2.57. The Balaban J connectivity index is 2.10. The molecule has 0 radical (unpaired) electrons. The number of piperidine rings is 1. The summed E-state index contributed by atoms with van der Waals surface area (Å²) in [6.07, 6.45) is 9.73. The van der Waals surface area contributed by atoms with E-state index in [2.05, 4.69) is 31.1 Å². The summed E-state index contributed by atoms with van der Waals surface area (Å²) in [7, 11) is 2.30. The van der Waals surface area contributed by atoms with Crippen molar-refractivity contribution in [2.45, 2.75) is 64.8 Å². The standard InChI is InChI=1S/C15H32N2/c1-4-5-6-7-9-14(2)17(3)13-15-10-8-11-16-12-15/h14-16H,4-13H2,1-3H3. The van der Waals surface area contributed by atoms with Gasteiger partial charge in [0, 0.05) is 12.6 Å². The molecule has 1 heterocycles. The van der Waals surface area contributed by atoms with Crippen LogP contribution in [0.25, 0.3) is 0 Å². The lowest BCUT2D eigenvalue weighted by atomic mass is 9.98. The Morgan fingerprint density at radius 3 is 2.76 bits per heavy atom. The Morgan fingerprint density at radius 2 is 2.12 bits per heavy atom. The van der Waals surface area contributed by atoms with Gasteiger partial charge in [0.1, 0.15) is 0 Å². The van der Waals surface area contributed by atoms with Crippen LogP contribution in [0.15, 0.2) is 0 Å². The van der Waals surface area contributed by atoms with Crippen LogP contribution < -0.4 is 5.32 Å². The van der Waals surface area contributed by atoms with Crippen LogP contribution >= 0.6 is 0 Å². The Hall–Kier alpha value is -0.0800. The van der Waals surface area contributed by atoms with E-state index in [9.17, 15) is 0 Å². The first kappa shape index (κ1) is 15.0. The molecule has 2 heteroatoms. The van der Waals surface area contributed by atoms with E-state index >= 15 is 0 Å². The van der Waals surface area contributed by atoms with Crippen LogP contribution in [0.3, 0.4) is 0 Å². The molecule has 1 fully saturated rings. The SMILES string of the molecule is CCCCCCC(C)N(C)CC1CCCNC1.